The minimum Gasteiger partial charge on any atom is -0.480 e. The van der Waals surface area contributed by atoms with Crippen molar-refractivity contribution in [1.29, 1.82) is 0 Å². The number of hydrogen-bond donors (Lipinski definition) is 3. The number of nitrogens with zero attached hydrogens (tertiary/aromatic N) is 2. The van der Waals surface area contributed by atoms with E-state index in [0.717, 1.165) is 6.20 Å². The van der Waals surface area contributed by atoms with Gasteiger partial charge in [-0.1, -0.05) is 11.6 Å². The van der Waals surface area contributed by atoms with Gasteiger partial charge in [-0.2, -0.15) is 0 Å². The number of aromatic nitrogens is 2. The molecule has 0 saturated heterocycles. The number of aliphatic hydroxyl groups excluding tert-OH is 1. The quantitative estimate of drug-likeness (QED) is 0.647. The summed E-state index contributed by atoms with van der Waals surface area (Å²) in [6, 6.07) is -1.38. The Kier molecular flexibility index (Phi) is 4.15. The number of carboxylic acid groups (broad SMARTS) is 1. The van der Waals surface area contributed by atoms with Gasteiger partial charge in [0.15, 0.2) is 6.04 Å². The topological polar surface area (TPSA) is 112 Å². The smallest absolute Gasteiger partial charge is 0.328 e. The summed E-state index contributed by atoms with van der Waals surface area (Å²) >= 11 is 5.50. The average Bonchev–Trinajstić information content (AvgIpc) is 2.25. The van der Waals surface area contributed by atoms with Crippen molar-refractivity contribution in [2.45, 2.75) is 6.04 Å². The number of hydrogen-bond acceptors (Lipinski definition) is 5. The lowest BCUT2D eigenvalue weighted by Crippen LogP contribution is -2.43. The summed E-state index contributed by atoms with van der Waals surface area (Å²) in [6.45, 7) is -0.713. The van der Waals surface area contributed by atoms with Gasteiger partial charge < -0.3 is 15.5 Å². The highest BCUT2D eigenvalue weighted by molar-refractivity contribution is 6.29. The summed E-state index contributed by atoms with van der Waals surface area (Å²) < 4.78 is 0. The van der Waals surface area contributed by atoms with Gasteiger partial charge in [-0.15, -0.1) is 0 Å². The van der Waals surface area contributed by atoms with Crippen LogP contribution in [0.2, 0.25) is 5.15 Å². The van der Waals surface area contributed by atoms with E-state index in [0.29, 0.717) is 0 Å². The highest BCUT2D eigenvalue weighted by Crippen LogP contribution is 2.02. The molecule has 0 aliphatic heterocycles. The molecule has 0 saturated carbocycles. The number of amides is 1. The maximum atomic E-state index is 11.4. The third-order valence-corrected chi connectivity index (χ3v) is 1.81. The number of aliphatic carboxylic acids is 1. The molecule has 16 heavy (non-hydrogen) atoms. The van der Waals surface area contributed by atoms with Crippen molar-refractivity contribution in [3.8, 4) is 0 Å². The summed E-state index contributed by atoms with van der Waals surface area (Å²) in [7, 11) is 0. The number of rotatable bonds is 4. The molecule has 1 rings (SSSR count). The van der Waals surface area contributed by atoms with Crippen molar-refractivity contribution < 1.29 is 19.8 Å². The molecule has 1 amide bonds. The third kappa shape index (κ3) is 3.14. The lowest BCUT2D eigenvalue weighted by Gasteiger charge is -2.10. The zero-order valence-electron chi connectivity index (χ0n) is 7.92. The second-order valence-electron chi connectivity index (χ2n) is 2.77. The van der Waals surface area contributed by atoms with Crippen LogP contribution in [0.4, 0.5) is 0 Å². The highest BCUT2D eigenvalue weighted by atomic mass is 35.5. The van der Waals surface area contributed by atoms with E-state index in [1.807, 2.05) is 0 Å². The minimum atomic E-state index is -1.38. The van der Waals surface area contributed by atoms with E-state index in [2.05, 4.69) is 15.3 Å². The number of halogens is 1. The fourth-order valence-corrected chi connectivity index (χ4v) is 1.02. The predicted octanol–water partition coefficient (Wildman–Crippen LogP) is -0.695. The Morgan fingerprint density at radius 3 is 2.69 bits per heavy atom. The SMILES string of the molecule is O=C(NC(CO)C(=O)O)c1cncc(Cl)n1. The first-order chi connectivity index (χ1) is 7.54. The van der Waals surface area contributed by atoms with Crippen molar-refractivity contribution in [2.24, 2.45) is 0 Å². The zero-order chi connectivity index (χ0) is 12.1. The van der Waals surface area contributed by atoms with Crippen LogP contribution in [0.15, 0.2) is 12.4 Å². The van der Waals surface area contributed by atoms with Crippen LogP contribution in [0.1, 0.15) is 10.5 Å². The zero-order valence-corrected chi connectivity index (χ0v) is 8.68. The lowest BCUT2D eigenvalue weighted by molar-refractivity contribution is -0.140. The predicted molar refractivity (Wildman–Crippen MR) is 53.0 cm³/mol. The normalized spacial score (nSPS) is 11.9. The van der Waals surface area contributed by atoms with Crippen molar-refractivity contribution in [3.63, 3.8) is 0 Å². The molecular formula is C8H8ClN3O4. The molecule has 0 aliphatic rings. The molecule has 0 fully saturated rings. The van der Waals surface area contributed by atoms with E-state index >= 15 is 0 Å². The fourth-order valence-electron chi connectivity index (χ4n) is 0.869. The van der Waals surface area contributed by atoms with Crippen molar-refractivity contribution in [2.75, 3.05) is 6.61 Å². The lowest BCUT2D eigenvalue weighted by atomic mass is 10.3. The molecule has 1 aromatic rings. The van der Waals surface area contributed by atoms with Crippen LogP contribution in [0.5, 0.6) is 0 Å². The van der Waals surface area contributed by atoms with E-state index < -0.39 is 24.5 Å². The molecule has 1 heterocycles. The van der Waals surface area contributed by atoms with E-state index in [1.165, 1.54) is 6.20 Å². The van der Waals surface area contributed by atoms with Crippen LogP contribution in [-0.2, 0) is 4.79 Å². The van der Waals surface area contributed by atoms with Gasteiger partial charge in [0.25, 0.3) is 5.91 Å². The second-order valence-corrected chi connectivity index (χ2v) is 3.16. The van der Waals surface area contributed by atoms with Crippen LogP contribution in [0.25, 0.3) is 0 Å². The molecule has 0 bridgehead atoms. The second kappa shape index (κ2) is 5.38. The molecule has 8 heteroatoms. The van der Waals surface area contributed by atoms with E-state index in [4.69, 9.17) is 21.8 Å². The number of aliphatic hydroxyl groups is 1. The third-order valence-electron chi connectivity index (χ3n) is 1.62. The Labute approximate surface area is 95.1 Å². The van der Waals surface area contributed by atoms with Crippen molar-refractivity contribution >= 4 is 23.5 Å². The summed E-state index contributed by atoms with van der Waals surface area (Å²) in [6.07, 6.45) is 2.37. The molecule has 3 N–H and O–H groups in total. The number of carbonyl (C=O) groups is 2. The molecule has 0 radical (unpaired) electrons. The average molecular weight is 246 g/mol. The number of carbonyl (C=O) groups excluding carboxylic acids is 1. The Morgan fingerprint density at radius 2 is 2.19 bits per heavy atom. The molecule has 1 atom stereocenters. The monoisotopic (exact) mass is 245 g/mol. The first-order valence-corrected chi connectivity index (χ1v) is 4.54. The first kappa shape index (κ1) is 12.3. The summed E-state index contributed by atoms with van der Waals surface area (Å²) in [5.74, 6) is -2.11. The minimum absolute atomic E-state index is 0.0172. The fraction of sp³-hybridized carbons (Fsp3) is 0.250. The molecule has 0 aliphatic carbocycles. The molecule has 1 aromatic heterocycles. The molecule has 7 nitrogen and oxygen atoms in total. The first-order valence-electron chi connectivity index (χ1n) is 4.16. The Hall–Kier alpha value is -1.73. The van der Waals surface area contributed by atoms with Crippen LogP contribution in [-0.4, -0.2) is 44.7 Å². The molecule has 1 unspecified atom stereocenters. The van der Waals surface area contributed by atoms with Crippen molar-refractivity contribution in [1.82, 2.24) is 15.3 Å². The standard InChI is InChI=1S/C8H8ClN3O4/c9-6-2-10-1-4(11-6)7(14)12-5(3-13)8(15)16/h1-2,5,13H,3H2,(H,12,14)(H,15,16). The number of carboxylic acids is 1. The Morgan fingerprint density at radius 1 is 1.50 bits per heavy atom. The van der Waals surface area contributed by atoms with Crippen LogP contribution < -0.4 is 5.32 Å². The maximum absolute atomic E-state index is 11.4. The molecule has 0 spiro atoms. The van der Waals surface area contributed by atoms with Gasteiger partial charge in [0.2, 0.25) is 0 Å². The summed E-state index contributed by atoms with van der Waals surface area (Å²) in [4.78, 5) is 29.2. The highest BCUT2D eigenvalue weighted by Gasteiger charge is 2.20. The largest absolute Gasteiger partial charge is 0.480 e. The van der Waals surface area contributed by atoms with Gasteiger partial charge in [-0.05, 0) is 0 Å². The summed E-state index contributed by atoms with van der Waals surface area (Å²) in [5.41, 5.74) is -0.118. The van der Waals surface area contributed by atoms with Crippen molar-refractivity contribution in [3.05, 3.63) is 23.2 Å². The van der Waals surface area contributed by atoms with Gasteiger partial charge >= 0.3 is 5.97 Å². The maximum Gasteiger partial charge on any atom is 0.328 e. The van der Waals surface area contributed by atoms with Gasteiger partial charge in [0.05, 0.1) is 19.0 Å². The van der Waals surface area contributed by atoms with Gasteiger partial charge in [0.1, 0.15) is 10.8 Å². The van der Waals surface area contributed by atoms with E-state index in [1.54, 1.807) is 0 Å². The van der Waals surface area contributed by atoms with Crippen LogP contribution in [0, 0.1) is 0 Å². The van der Waals surface area contributed by atoms with Gasteiger partial charge in [-0.25, -0.2) is 9.78 Å². The van der Waals surface area contributed by atoms with E-state index in [-0.39, 0.29) is 10.8 Å². The Balaban J connectivity index is 2.75. The Bertz CT molecular complexity index is 412. The van der Waals surface area contributed by atoms with E-state index in [9.17, 15) is 9.59 Å². The number of nitrogens with one attached hydrogen (secondary N) is 1. The van der Waals surface area contributed by atoms with Crippen LogP contribution >= 0.6 is 11.6 Å². The summed E-state index contributed by atoms with van der Waals surface area (Å²) in [5, 5.41) is 19.4. The van der Waals surface area contributed by atoms with Gasteiger partial charge in [0, 0.05) is 0 Å². The molecule has 86 valence electrons. The van der Waals surface area contributed by atoms with Crippen LogP contribution in [0.3, 0.4) is 0 Å². The molecule has 0 aromatic carbocycles. The van der Waals surface area contributed by atoms with Gasteiger partial charge in [-0.3, -0.25) is 9.78 Å². The molecular weight excluding hydrogens is 238 g/mol.